The van der Waals surface area contributed by atoms with E-state index in [9.17, 15) is 4.79 Å². The van der Waals surface area contributed by atoms with Gasteiger partial charge in [-0.1, -0.05) is 48.5 Å². The van der Waals surface area contributed by atoms with E-state index in [0.29, 0.717) is 26.4 Å². The van der Waals surface area contributed by atoms with Crippen LogP contribution >= 0.6 is 0 Å². The van der Waals surface area contributed by atoms with Gasteiger partial charge in [0.2, 0.25) is 0 Å². The number of nitrogens with one attached hydrogen (secondary N) is 1. The van der Waals surface area contributed by atoms with Crippen molar-refractivity contribution in [2.75, 3.05) is 26.4 Å². The highest BCUT2D eigenvalue weighted by atomic mass is 28.4. The molecule has 0 saturated heterocycles. The van der Waals surface area contributed by atoms with Crippen LogP contribution in [0.2, 0.25) is 12.6 Å². The van der Waals surface area contributed by atoms with Gasteiger partial charge >= 0.3 is 14.7 Å². The number of rotatable bonds is 10. The Bertz CT molecular complexity index is 775. The smallest absolute Gasteiger partial charge is 0.407 e. The fourth-order valence-corrected chi connectivity index (χ4v) is 6.46. The van der Waals surface area contributed by atoms with Gasteiger partial charge in [0.05, 0.1) is 0 Å². The van der Waals surface area contributed by atoms with Crippen LogP contribution in [0.4, 0.5) is 4.79 Å². The van der Waals surface area contributed by atoms with E-state index in [1.165, 1.54) is 22.3 Å². The van der Waals surface area contributed by atoms with Crippen molar-refractivity contribution in [3.63, 3.8) is 0 Å². The predicted octanol–water partition coefficient (Wildman–Crippen LogP) is 5.06. The molecule has 0 unspecified atom stereocenters. The Morgan fingerprint density at radius 1 is 0.966 bits per heavy atom. The highest BCUT2D eigenvalue weighted by Crippen LogP contribution is 2.44. The Morgan fingerprint density at radius 3 is 2.07 bits per heavy atom. The Balaban J connectivity index is 1.49. The van der Waals surface area contributed by atoms with Gasteiger partial charge in [-0.15, -0.1) is 0 Å². The predicted molar refractivity (Wildman–Crippen MR) is 117 cm³/mol. The highest BCUT2D eigenvalue weighted by Gasteiger charge is 2.30. The van der Waals surface area contributed by atoms with Gasteiger partial charge in [0.15, 0.2) is 0 Å². The molecule has 0 fully saturated rings. The number of carbonyl (C=O) groups excluding carboxylic acids is 1. The van der Waals surface area contributed by atoms with Crippen molar-refractivity contribution < 1.29 is 18.4 Å². The van der Waals surface area contributed by atoms with Crippen molar-refractivity contribution in [1.82, 2.24) is 5.32 Å². The first kappa shape index (κ1) is 21.6. The van der Waals surface area contributed by atoms with Crippen molar-refractivity contribution in [2.24, 2.45) is 0 Å². The molecular weight excluding hydrogens is 382 g/mol. The van der Waals surface area contributed by atoms with Crippen LogP contribution in [0.25, 0.3) is 11.1 Å². The van der Waals surface area contributed by atoms with Crippen molar-refractivity contribution in [2.45, 2.75) is 38.8 Å². The summed E-state index contributed by atoms with van der Waals surface area (Å²) in [5.41, 5.74) is 4.90. The average molecular weight is 414 g/mol. The zero-order chi connectivity index (χ0) is 20.7. The third-order valence-electron chi connectivity index (χ3n) is 5.32. The summed E-state index contributed by atoms with van der Waals surface area (Å²) in [6, 6.07) is 17.5. The van der Waals surface area contributed by atoms with Crippen molar-refractivity contribution >= 4 is 14.7 Å². The molecule has 0 aromatic heterocycles. The van der Waals surface area contributed by atoms with Crippen LogP contribution in [0.5, 0.6) is 0 Å². The number of hydrogen-bond donors (Lipinski definition) is 1. The molecule has 0 spiro atoms. The van der Waals surface area contributed by atoms with Gasteiger partial charge in [0, 0.05) is 25.7 Å². The summed E-state index contributed by atoms with van der Waals surface area (Å²) in [5.74, 6) is 0.0831. The summed E-state index contributed by atoms with van der Waals surface area (Å²) in [5, 5.41) is 2.86. The van der Waals surface area contributed by atoms with Gasteiger partial charge in [-0.2, -0.15) is 0 Å². The standard InChI is InChI=1S/C23H31NO4Si/c1-4-27-29(3,28-5-2)16-10-15-24-23(25)26-17-22-20-13-8-6-11-18(20)19-12-7-9-14-21(19)22/h6-9,11-14,22H,4-5,10,15-17H2,1-3H3,(H,24,25). The minimum atomic E-state index is -2.13. The van der Waals surface area contributed by atoms with Gasteiger partial charge in [-0.3, -0.25) is 0 Å². The number of benzene rings is 2. The van der Waals surface area contributed by atoms with Crippen LogP contribution < -0.4 is 5.32 Å². The van der Waals surface area contributed by atoms with E-state index < -0.39 is 8.56 Å². The normalized spacial score (nSPS) is 13.1. The minimum Gasteiger partial charge on any atom is -0.449 e. The first-order chi connectivity index (χ1) is 14.1. The highest BCUT2D eigenvalue weighted by molar-refractivity contribution is 6.66. The molecule has 3 rings (SSSR count). The first-order valence-electron chi connectivity index (χ1n) is 10.4. The molecule has 5 nitrogen and oxygen atoms in total. The molecular formula is C23H31NO4Si. The summed E-state index contributed by atoms with van der Waals surface area (Å²) in [7, 11) is -2.13. The molecule has 1 amide bonds. The lowest BCUT2D eigenvalue weighted by atomic mass is 9.98. The van der Waals surface area contributed by atoms with E-state index in [-0.39, 0.29) is 12.0 Å². The second kappa shape index (κ2) is 10.0. The number of ether oxygens (including phenoxy) is 1. The number of hydrogen-bond acceptors (Lipinski definition) is 4. The molecule has 0 atom stereocenters. The lowest BCUT2D eigenvalue weighted by Gasteiger charge is -2.25. The largest absolute Gasteiger partial charge is 0.449 e. The Hall–Kier alpha value is -2.15. The molecule has 0 bridgehead atoms. The molecule has 156 valence electrons. The van der Waals surface area contributed by atoms with Crippen LogP contribution in [-0.2, 0) is 13.6 Å². The topological polar surface area (TPSA) is 56.8 Å². The SMILES string of the molecule is CCO[Si](C)(CCCNC(=O)OCC1c2ccccc2-c2ccccc21)OCC. The molecule has 0 radical (unpaired) electrons. The first-order valence-corrected chi connectivity index (χ1v) is 13.0. The lowest BCUT2D eigenvalue weighted by molar-refractivity contribution is 0.142. The molecule has 0 aliphatic heterocycles. The molecule has 1 aliphatic carbocycles. The lowest BCUT2D eigenvalue weighted by Crippen LogP contribution is -2.39. The maximum atomic E-state index is 12.2. The number of amides is 1. The summed E-state index contributed by atoms with van der Waals surface area (Å²) in [4.78, 5) is 12.2. The van der Waals surface area contributed by atoms with E-state index in [0.717, 1.165) is 12.5 Å². The number of fused-ring (bicyclic) bond motifs is 3. The molecule has 1 aliphatic rings. The third-order valence-corrected chi connectivity index (χ3v) is 8.38. The molecule has 0 saturated carbocycles. The number of alkyl carbamates (subject to hydrolysis) is 1. The fraction of sp³-hybridized carbons (Fsp3) is 0.435. The molecule has 29 heavy (non-hydrogen) atoms. The van der Waals surface area contributed by atoms with E-state index >= 15 is 0 Å². The second-order valence-corrected chi connectivity index (χ2v) is 10.7. The Labute approximate surface area is 174 Å². The molecule has 1 N–H and O–H groups in total. The molecule has 0 heterocycles. The van der Waals surface area contributed by atoms with Gasteiger partial charge in [0.25, 0.3) is 0 Å². The molecule has 2 aromatic rings. The molecule has 2 aromatic carbocycles. The monoisotopic (exact) mass is 413 g/mol. The summed E-state index contributed by atoms with van der Waals surface area (Å²) >= 11 is 0. The zero-order valence-electron chi connectivity index (χ0n) is 17.6. The number of carbonyl (C=O) groups is 1. The average Bonchev–Trinajstić information content (AvgIpc) is 3.04. The second-order valence-electron chi connectivity index (χ2n) is 7.36. The Kier molecular flexibility index (Phi) is 7.47. The van der Waals surface area contributed by atoms with Crippen molar-refractivity contribution in [3.05, 3.63) is 59.7 Å². The van der Waals surface area contributed by atoms with E-state index in [1.807, 2.05) is 38.1 Å². The van der Waals surface area contributed by atoms with Crippen LogP contribution in [-0.4, -0.2) is 41.0 Å². The van der Waals surface area contributed by atoms with E-state index in [4.69, 9.17) is 13.6 Å². The van der Waals surface area contributed by atoms with E-state index in [1.54, 1.807) is 0 Å². The van der Waals surface area contributed by atoms with Crippen molar-refractivity contribution in [1.29, 1.82) is 0 Å². The maximum absolute atomic E-state index is 12.2. The van der Waals surface area contributed by atoms with Gasteiger partial charge in [-0.25, -0.2) is 4.79 Å². The van der Waals surface area contributed by atoms with Gasteiger partial charge in [0.1, 0.15) is 6.61 Å². The molecule has 6 heteroatoms. The Morgan fingerprint density at radius 2 is 1.52 bits per heavy atom. The van der Waals surface area contributed by atoms with Crippen LogP contribution in [0, 0.1) is 0 Å². The van der Waals surface area contributed by atoms with Crippen LogP contribution in [0.15, 0.2) is 48.5 Å². The van der Waals surface area contributed by atoms with Gasteiger partial charge < -0.3 is 18.9 Å². The fourth-order valence-electron chi connectivity index (χ4n) is 4.05. The van der Waals surface area contributed by atoms with Crippen LogP contribution in [0.1, 0.15) is 37.3 Å². The summed E-state index contributed by atoms with van der Waals surface area (Å²) < 4.78 is 17.2. The maximum Gasteiger partial charge on any atom is 0.407 e. The summed E-state index contributed by atoms with van der Waals surface area (Å²) in [6.07, 6.45) is 0.440. The quantitative estimate of drug-likeness (QED) is 0.437. The van der Waals surface area contributed by atoms with Crippen molar-refractivity contribution in [3.8, 4) is 11.1 Å². The zero-order valence-corrected chi connectivity index (χ0v) is 18.6. The van der Waals surface area contributed by atoms with Crippen LogP contribution in [0.3, 0.4) is 0 Å². The van der Waals surface area contributed by atoms with E-state index in [2.05, 4.69) is 36.1 Å². The van der Waals surface area contributed by atoms with Gasteiger partial charge in [-0.05, 0) is 55.1 Å². The third kappa shape index (κ3) is 5.26. The minimum absolute atomic E-state index is 0.0831. The summed E-state index contributed by atoms with van der Waals surface area (Å²) in [6.45, 7) is 8.25.